The predicted octanol–water partition coefficient (Wildman–Crippen LogP) is 3.70. The lowest BCUT2D eigenvalue weighted by atomic mass is 9.83. The molecule has 9 heteroatoms. The SMILES string of the molecule is CCCC(C)(C)Nc1c(NC[C@@H](O)[C@@H](N)C[C@H](Cc2ccc(OC)c(OCCCOC)c2)C(C)C)c(=O)c1=O. The van der Waals surface area contributed by atoms with Crippen molar-refractivity contribution >= 4 is 11.4 Å². The minimum atomic E-state index is -0.886. The Morgan fingerprint density at radius 2 is 1.74 bits per heavy atom. The lowest BCUT2D eigenvalue weighted by Crippen LogP contribution is -2.46. The smallest absolute Gasteiger partial charge is 0.253 e. The van der Waals surface area contributed by atoms with E-state index in [-0.39, 0.29) is 23.7 Å². The van der Waals surface area contributed by atoms with E-state index in [1.54, 1.807) is 14.2 Å². The molecule has 0 aliphatic heterocycles. The number of aliphatic hydroxyl groups is 1. The second-order valence-electron chi connectivity index (χ2n) is 11.4. The van der Waals surface area contributed by atoms with E-state index in [4.69, 9.17) is 19.9 Å². The van der Waals surface area contributed by atoms with Crippen LogP contribution >= 0.6 is 0 Å². The Kier molecular flexibility index (Phi) is 12.7. The first-order valence-electron chi connectivity index (χ1n) is 14.0. The van der Waals surface area contributed by atoms with Gasteiger partial charge in [-0.2, -0.15) is 0 Å². The van der Waals surface area contributed by atoms with Crippen molar-refractivity contribution in [1.29, 1.82) is 0 Å². The van der Waals surface area contributed by atoms with Crippen molar-refractivity contribution in [3.8, 4) is 11.5 Å². The van der Waals surface area contributed by atoms with Crippen molar-refractivity contribution in [2.45, 2.75) is 84.4 Å². The molecule has 0 saturated heterocycles. The number of rotatable bonds is 19. The maximum atomic E-state index is 12.2. The van der Waals surface area contributed by atoms with Crippen LogP contribution in [-0.2, 0) is 11.2 Å². The first-order valence-corrected chi connectivity index (χ1v) is 14.0. The zero-order valence-electron chi connectivity index (χ0n) is 24.8. The first kappa shape index (κ1) is 32.6. The standard InChI is InChI=1S/C30H49N3O6/c1-8-12-30(4,5)33-27-26(28(35)29(27)36)32-18-23(34)22(31)17-21(19(2)3)15-20-10-11-24(38-7)25(16-20)39-14-9-13-37-6/h10-11,16,19,21-23,32-34H,8-9,12-15,17-18,31H2,1-7H3/t21-,22-,23+/m0/s1. The van der Waals surface area contributed by atoms with E-state index in [1.807, 2.05) is 32.0 Å². The van der Waals surface area contributed by atoms with Crippen LogP contribution in [0.3, 0.4) is 0 Å². The molecule has 0 aliphatic carbocycles. The van der Waals surface area contributed by atoms with Gasteiger partial charge in [0.1, 0.15) is 11.4 Å². The summed E-state index contributed by atoms with van der Waals surface area (Å²) in [4.78, 5) is 24.4. The zero-order chi connectivity index (χ0) is 29.2. The quantitative estimate of drug-likeness (QED) is 0.153. The lowest BCUT2D eigenvalue weighted by molar-refractivity contribution is 0.137. The molecule has 0 bridgehead atoms. The molecule has 39 heavy (non-hydrogen) atoms. The summed E-state index contributed by atoms with van der Waals surface area (Å²) in [6.07, 6.45) is 3.05. The van der Waals surface area contributed by atoms with Gasteiger partial charge in [0, 0.05) is 38.3 Å². The summed E-state index contributed by atoms with van der Waals surface area (Å²) in [5.41, 5.74) is 6.65. The van der Waals surface area contributed by atoms with Crippen LogP contribution < -0.4 is 36.7 Å². The maximum Gasteiger partial charge on any atom is 0.253 e. The third-order valence-electron chi connectivity index (χ3n) is 7.22. The van der Waals surface area contributed by atoms with Gasteiger partial charge in [-0.3, -0.25) is 9.59 Å². The van der Waals surface area contributed by atoms with Crippen LogP contribution in [0.1, 0.15) is 65.9 Å². The highest BCUT2D eigenvalue weighted by Gasteiger charge is 2.28. The largest absolute Gasteiger partial charge is 0.493 e. The van der Waals surface area contributed by atoms with Crippen LogP contribution in [0.5, 0.6) is 11.5 Å². The highest BCUT2D eigenvalue weighted by molar-refractivity contribution is 5.74. The molecule has 0 radical (unpaired) electrons. The van der Waals surface area contributed by atoms with Crippen LogP contribution in [0.4, 0.5) is 11.4 Å². The molecule has 2 aromatic rings. The van der Waals surface area contributed by atoms with Gasteiger partial charge in [-0.05, 0) is 62.6 Å². The topological polar surface area (TPSA) is 132 Å². The molecule has 220 valence electrons. The number of methoxy groups -OCH3 is 2. The third kappa shape index (κ3) is 9.51. The Bertz CT molecular complexity index is 1090. The number of nitrogens with one attached hydrogen (secondary N) is 2. The van der Waals surface area contributed by atoms with Crippen LogP contribution in [0, 0.1) is 11.8 Å². The van der Waals surface area contributed by atoms with Crippen molar-refractivity contribution in [2.75, 3.05) is 44.6 Å². The summed E-state index contributed by atoms with van der Waals surface area (Å²) in [6, 6.07) is 5.44. The lowest BCUT2D eigenvalue weighted by Gasteiger charge is -2.30. The molecule has 3 atom stereocenters. The van der Waals surface area contributed by atoms with Gasteiger partial charge in [-0.25, -0.2) is 0 Å². The summed E-state index contributed by atoms with van der Waals surface area (Å²) in [6.45, 7) is 11.6. The molecule has 0 heterocycles. The van der Waals surface area contributed by atoms with Gasteiger partial charge in [0.15, 0.2) is 11.5 Å². The van der Waals surface area contributed by atoms with Gasteiger partial charge >= 0.3 is 0 Å². The number of hydrogen-bond acceptors (Lipinski definition) is 9. The second-order valence-corrected chi connectivity index (χ2v) is 11.4. The molecule has 0 aliphatic rings. The highest BCUT2D eigenvalue weighted by Crippen LogP contribution is 2.31. The van der Waals surface area contributed by atoms with Crippen molar-refractivity contribution < 1.29 is 19.3 Å². The van der Waals surface area contributed by atoms with Crippen molar-refractivity contribution in [3.63, 3.8) is 0 Å². The number of nitrogens with two attached hydrogens (primary N) is 1. The van der Waals surface area contributed by atoms with Crippen LogP contribution in [-0.4, -0.2) is 56.8 Å². The summed E-state index contributed by atoms with van der Waals surface area (Å²) in [7, 11) is 3.29. The van der Waals surface area contributed by atoms with Gasteiger partial charge < -0.3 is 35.7 Å². The Balaban J connectivity index is 2.01. The Labute approximate surface area is 233 Å². The number of hydrogen-bond donors (Lipinski definition) is 4. The molecule has 0 unspecified atom stereocenters. The summed E-state index contributed by atoms with van der Waals surface area (Å²) < 4.78 is 16.5. The molecule has 0 aromatic heterocycles. The highest BCUT2D eigenvalue weighted by atomic mass is 16.5. The van der Waals surface area contributed by atoms with Crippen molar-refractivity contribution in [2.24, 2.45) is 17.6 Å². The minimum absolute atomic E-state index is 0.0850. The van der Waals surface area contributed by atoms with Gasteiger partial charge in [0.05, 0.1) is 19.8 Å². The van der Waals surface area contributed by atoms with Crippen molar-refractivity contribution in [3.05, 3.63) is 44.2 Å². The fourth-order valence-corrected chi connectivity index (χ4v) is 4.81. The van der Waals surface area contributed by atoms with Crippen molar-refractivity contribution in [1.82, 2.24) is 0 Å². The number of ether oxygens (including phenoxy) is 3. The monoisotopic (exact) mass is 547 g/mol. The van der Waals surface area contributed by atoms with E-state index in [1.165, 1.54) is 0 Å². The fraction of sp³-hybridized carbons (Fsp3) is 0.667. The van der Waals surface area contributed by atoms with Gasteiger partial charge in [-0.15, -0.1) is 0 Å². The fourth-order valence-electron chi connectivity index (χ4n) is 4.81. The van der Waals surface area contributed by atoms with E-state index < -0.39 is 23.0 Å². The maximum absolute atomic E-state index is 12.2. The predicted molar refractivity (Wildman–Crippen MR) is 158 cm³/mol. The van der Waals surface area contributed by atoms with Gasteiger partial charge in [0.2, 0.25) is 0 Å². The molecule has 0 spiro atoms. The number of anilines is 2. The van der Waals surface area contributed by atoms with E-state index >= 15 is 0 Å². The first-order chi connectivity index (χ1) is 18.4. The van der Waals surface area contributed by atoms with E-state index in [0.29, 0.717) is 42.7 Å². The zero-order valence-corrected chi connectivity index (χ0v) is 24.8. The summed E-state index contributed by atoms with van der Waals surface area (Å²) >= 11 is 0. The van der Waals surface area contributed by atoms with E-state index in [2.05, 4.69) is 31.4 Å². The van der Waals surface area contributed by atoms with Crippen LogP contribution in [0.2, 0.25) is 0 Å². The second kappa shape index (κ2) is 15.2. The van der Waals surface area contributed by atoms with Gasteiger partial charge in [0.25, 0.3) is 10.9 Å². The Morgan fingerprint density at radius 1 is 1.05 bits per heavy atom. The molecule has 2 rings (SSSR count). The molecular weight excluding hydrogens is 498 g/mol. The van der Waals surface area contributed by atoms with E-state index in [9.17, 15) is 14.7 Å². The molecule has 0 amide bonds. The molecular formula is C30H49N3O6. The molecule has 0 saturated carbocycles. The molecule has 9 nitrogen and oxygen atoms in total. The van der Waals surface area contributed by atoms with E-state index in [0.717, 1.165) is 31.2 Å². The number of benzene rings is 1. The van der Waals surface area contributed by atoms with Gasteiger partial charge in [-0.1, -0.05) is 33.3 Å². The van der Waals surface area contributed by atoms with Crippen LogP contribution in [0.15, 0.2) is 27.8 Å². The Hall–Kier alpha value is -2.62. The molecule has 5 N–H and O–H groups in total. The number of aliphatic hydroxyl groups excluding tert-OH is 1. The Morgan fingerprint density at radius 3 is 2.36 bits per heavy atom. The normalized spacial score (nSPS) is 14.3. The third-order valence-corrected chi connectivity index (χ3v) is 7.22. The average molecular weight is 548 g/mol. The minimum Gasteiger partial charge on any atom is -0.493 e. The summed E-state index contributed by atoms with van der Waals surface area (Å²) in [5, 5.41) is 17.0. The summed E-state index contributed by atoms with van der Waals surface area (Å²) in [5.74, 6) is 1.92. The molecule has 0 fully saturated rings. The average Bonchev–Trinajstić information content (AvgIpc) is 2.89. The molecule has 2 aromatic carbocycles. The van der Waals surface area contributed by atoms with Crippen LogP contribution in [0.25, 0.3) is 0 Å².